The zero-order valence-corrected chi connectivity index (χ0v) is 12.5. The van der Waals surface area contributed by atoms with Crippen LogP contribution in [0, 0.1) is 0 Å². The van der Waals surface area contributed by atoms with E-state index in [-0.39, 0.29) is 11.9 Å². The number of benzene rings is 2. The normalized spacial score (nSPS) is 11.7. The molecule has 0 bridgehead atoms. The van der Waals surface area contributed by atoms with Crippen LogP contribution in [0.3, 0.4) is 0 Å². The molecular weight excluding hydrogens is 262 g/mol. The number of nitrogens with one attached hydrogen (secondary N) is 1. The second-order valence-corrected chi connectivity index (χ2v) is 5.05. The zero-order chi connectivity index (χ0) is 15.1. The summed E-state index contributed by atoms with van der Waals surface area (Å²) in [4.78, 5) is 12.3. The Bertz CT molecular complexity index is 581. The molecule has 0 aliphatic carbocycles. The zero-order valence-electron chi connectivity index (χ0n) is 12.5. The molecule has 0 radical (unpaired) electrons. The fourth-order valence-electron chi connectivity index (χ4n) is 1.92. The third-order valence-electron chi connectivity index (χ3n) is 3.36. The van der Waals surface area contributed by atoms with Crippen LogP contribution in [0.4, 0.5) is 0 Å². The van der Waals surface area contributed by atoms with Crippen molar-refractivity contribution in [3.05, 3.63) is 65.7 Å². The Labute approximate surface area is 126 Å². The van der Waals surface area contributed by atoms with Crippen LogP contribution >= 0.6 is 0 Å². The standard InChI is InChI=1S/C18H21NO2/c1-3-14(2)19-18(20)16-11-7-8-12-17(16)21-13-15-9-5-4-6-10-15/h4-12,14H,3,13H2,1-2H3,(H,19,20)/t14-/m0/s1. The molecule has 2 rings (SSSR count). The van der Waals surface area contributed by atoms with Crippen molar-refractivity contribution in [3.8, 4) is 5.75 Å². The maximum atomic E-state index is 12.3. The van der Waals surface area contributed by atoms with Gasteiger partial charge in [-0.25, -0.2) is 0 Å². The number of carbonyl (C=O) groups excluding carboxylic acids is 1. The van der Waals surface area contributed by atoms with Crippen molar-refractivity contribution in [1.82, 2.24) is 5.32 Å². The first-order valence-electron chi connectivity index (χ1n) is 7.27. The van der Waals surface area contributed by atoms with Crippen LogP contribution in [0.15, 0.2) is 54.6 Å². The predicted octanol–water partition coefficient (Wildman–Crippen LogP) is 3.79. The highest BCUT2D eigenvalue weighted by molar-refractivity contribution is 5.97. The Morgan fingerprint density at radius 3 is 2.48 bits per heavy atom. The van der Waals surface area contributed by atoms with Crippen molar-refractivity contribution in [1.29, 1.82) is 0 Å². The lowest BCUT2D eigenvalue weighted by Gasteiger charge is -2.14. The first-order chi connectivity index (χ1) is 10.2. The molecular formula is C18H21NO2. The van der Waals surface area contributed by atoms with Crippen molar-refractivity contribution in [2.75, 3.05) is 0 Å². The molecule has 2 aromatic rings. The van der Waals surface area contributed by atoms with Crippen LogP contribution < -0.4 is 10.1 Å². The topological polar surface area (TPSA) is 38.3 Å². The maximum Gasteiger partial charge on any atom is 0.255 e. The van der Waals surface area contributed by atoms with Gasteiger partial charge in [0.1, 0.15) is 12.4 Å². The number of hydrogen-bond acceptors (Lipinski definition) is 2. The van der Waals surface area contributed by atoms with Crippen LogP contribution in [0.5, 0.6) is 5.75 Å². The second kappa shape index (κ2) is 7.48. The van der Waals surface area contributed by atoms with Crippen LogP contribution in [0.1, 0.15) is 36.2 Å². The van der Waals surface area contributed by atoms with Gasteiger partial charge in [-0.15, -0.1) is 0 Å². The van der Waals surface area contributed by atoms with Crippen LogP contribution in [0.25, 0.3) is 0 Å². The Kier molecular flexibility index (Phi) is 5.38. The first kappa shape index (κ1) is 15.1. The smallest absolute Gasteiger partial charge is 0.255 e. The Morgan fingerprint density at radius 2 is 1.76 bits per heavy atom. The lowest BCUT2D eigenvalue weighted by atomic mass is 10.1. The Balaban J connectivity index is 2.08. The lowest BCUT2D eigenvalue weighted by molar-refractivity contribution is 0.0934. The van der Waals surface area contributed by atoms with Gasteiger partial charge in [0.2, 0.25) is 0 Å². The van der Waals surface area contributed by atoms with E-state index in [1.54, 1.807) is 6.07 Å². The summed E-state index contributed by atoms with van der Waals surface area (Å²) >= 11 is 0. The maximum absolute atomic E-state index is 12.3. The number of rotatable bonds is 6. The highest BCUT2D eigenvalue weighted by atomic mass is 16.5. The molecule has 0 spiro atoms. The summed E-state index contributed by atoms with van der Waals surface area (Å²) in [5, 5.41) is 2.97. The minimum absolute atomic E-state index is 0.0898. The first-order valence-corrected chi connectivity index (χ1v) is 7.27. The van der Waals surface area contributed by atoms with Gasteiger partial charge in [-0.2, -0.15) is 0 Å². The molecule has 0 unspecified atom stereocenters. The van der Waals surface area contributed by atoms with Crippen molar-refractivity contribution in [3.63, 3.8) is 0 Å². The van der Waals surface area contributed by atoms with Crippen molar-refractivity contribution < 1.29 is 9.53 Å². The fraction of sp³-hybridized carbons (Fsp3) is 0.278. The molecule has 1 atom stereocenters. The van der Waals surface area contributed by atoms with Gasteiger partial charge < -0.3 is 10.1 Å². The third kappa shape index (κ3) is 4.35. The van der Waals surface area contributed by atoms with Gasteiger partial charge in [0.25, 0.3) is 5.91 Å². The van der Waals surface area contributed by atoms with E-state index in [1.165, 1.54) is 0 Å². The molecule has 3 heteroatoms. The average Bonchev–Trinajstić information content (AvgIpc) is 2.54. The number of hydrogen-bond donors (Lipinski definition) is 1. The highest BCUT2D eigenvalue weighted by Crippen LogP contribution is 2.19. The van der Waals surface area contributed by atoms with Crippen LogP contribution in [0.2, 0.25) is 0 Å². The number of ether oxygens (including phenoxy) is 1. The lowest BCUT2D eigenvalue weighted by Crippen LogP contribution is -2.32. The molecule has 0 saturated heterocycles. The SMILES string of the molecule is CC[C@H](C)NC(=O)c1ccccc1OCc1ccccc1. The molecule has 3 nitrogen and oxygen atoms in total. The number of para-hydroxylation sites is 1. The van der Waals surface area contributed by atoms with E-state index in [0.29, 0.717) is 17.9 Å². The number of carbonyl (C=O) groups is 1. The third-order valence-corrected chi connectivity index (χ3v) is 3.36. The summed E-state index contributed by atoms with van der Waals surface area (Å²) in [6.07, 6.45) is 0.902. The molecule has 0 aromatic heterocycles. The van der Waals surface area contributed by atoms with E-state index in [9.17, 15) is 4.79 Å². The van der Waals surface area contributed by atoms with Crippen molar-refractivity contribution in [2.24, 2.45) is 0 Å². The van der Waals surface area contributed by atoms with E-state index in [1.807, 2.05) is 62.4 Å². The molecule has 0 aliphatic heterocycles. The van der Waals surface area contributed by atoms with Gasteiger partial charge in [-0.1, -0.05) is 49.4 Å². The largest absolute Gasteiger partial charge is 0.488 e. The number of amides is 1. The summed E-state index contributed by atoms with van der Waals surface area (Å²) in [5.41, 5.74) is 1.66. The van der Waals surface area contributed by atoms with Gasteiger partial charge in [-0.05, 0) is 31.0 Å². The second-order valence-electron chi connectivity index (χ2n) is 5.05. The Hall–Kier alpha value is -2.29. The van der Waals surface area contributed by atoms with Crippen molar-refractivity contribution >= 4 is 5.91 Å². The van der Waals surface area contributed by atoms with Gasteiger partial charge in [0.15, 0.2) is 0 Å². The molecule has 0 saturated carbocycles. The van der Waals surface area contributed by atoms with Gasteiger partial charge in [-0.3, -0.25) is 4.79 Å². The van der Waals surface area contributed by atoms with E-state index in [4.69, 9.17) is 4.74 Å². The molecule has 2 aromatic carbocycles. The quantitative estimate of drug-likeness (QED) is 0.876. The molecule has 21 heavy (non-hydrogen) atoms. The van der Waals surface area contributed by atoms with E-state index >= 15 is 0 Å². The van der Waals surface area contributed by atoms with Crippen molar-refractivity contribution in [2.45, 2.75) is 32.9 Å². The van der Waals surface area contributed by atoms with E-state index in [0.717, 1.165) is 12.0 Å². The molecule has 0 heterocycles. The van der Waals surface area contributed by atoms with E-state index in [2.05, 4.69) is 5.32 Å². The molecule has 1 amide bonds. The van der Waals surface area contributed by atoms with Gasteiger partial charge in [0.05, 0.1) is 5.56 Å². The Morgan fingerprint density at radius 1 is 1.10 bits per heavy atom. The molecule has 0 aliphatic rings. The highest BCUT2D eigenvalue weighted by Gasteiger charge is 2.13. The minimum Gasteiger partial charge on any atom is -0.488 e. The molecule has 110 valence electrons. The van der Waals surface area contributed by atoms with Gasteiger partial charge >= 0.3 is 0 Å². The monoisotopic (exact) mass is 283 g/mol. The predicted molar refractivity (Wildman–Crippen MR) is 84.4 cm³/mol. The van der Waals surface area contributed by atoms with Crippen LogP contribution in [-0.2, 0) is 6.61 Å². The summed E-state index contributed by atoms with van der Waals surface area (Å²) in [6.45, 7) is 4.49. The molecule has 0 fully saturated rings. The van der Waals surface area contributed by atoms with E-state index < -0.39 is 0 Å². The summed E-state index contributed by atoms with van der Waals surface area (Å²) in [7, 11) is 0. The summed E-state index contributed by atoms with van der Waals surface area (Å²) < 4.78 is 5.80. The summed E-state index contributed by atoms with van der Waals surface area (Å²) in [5.74, 6) is 0.523. The van der Waals surface area contributed by atoms with Gasteiger partial charge in [0, 0.05) is 6.04 Å². The molecule has 1 N–H and O–H groups in total. The summed E-state index contributed by atoms with van der Waals surface area (Å²) in [6, 6.07) is 17.4. The van der Waals surface area contributed by atoms with Crippen LogP contribution in [-0.4, -0.2) is 11.9 Å². The average molecular weight is 283 g/mol. The minimum atomic E-state index is -0.0898. The fourth-order valence-corrected chi connectivity index (χ4v) is 1.92.